The van der Waals surface area contributed by atoms with E-state index < -0.39 is 0 Å². The van der Waals surface area contributed by atoms with Gasteiger partial charge in [-0.25, -0.2) is 0 Å². The molecule has 0 unspecified atom stereocenters. The van der Waals surface area contributed by atoms with Gasteiger partial charge in [-0.15, -0.1) is 11.6 Å². The zero-order valence-electron chi connectivity index (χ0n) is 8.55. The van der Waals surface area contributed by atoms with Crippen molar-refractivity contribution in [3.63, 3.8) is 0 Å². The zero-order valence-corrected chi connectivity index (χ0v) is 9.30. The van der Waals surface area contributed by atoms with Crippen molar-refractivity contribution in [2.75, 3.05) is 12.4 Å². The van der Waals surface area contributed by atoms with E-state index in [4.69, 9.17) is 16.1 Å². The molecular formula is C10H13ClN2O2. The molecule has 1 amide bonds. The molecule has 0 saturated heterocycles. The van der Waals surface area contributed by atoms with Crippen molar-refractivity contribution in [2.24, 2.45) is 5.41 Å². The monoisotopic (exact) mass is 228 g/mol. The number of carbonyl (C=O) groups excluding carboxylic acids is 1. The maximum atomic E-state index is 11.6. The smallest absolute Gasteiger partial charge is 0.289 e. The van der Waals surface area contributed by atoms with Gasteiger partial charge in [-0.3, -0.25) is 4.79 Å². The Balaban J connectivity index is 1.88. The third kappa shape index (κ3) is 2.31. The van der Waals surface area contributed by atoms with Gasteiger partial charge in [0.2, 0.25) is 5.76 Å². The highest BCUT2D eigenvalue weighted by molar-refractivity contribution is 6.18. The fraction of sp³-hybridized carbons (Fsp3) is 0.600. The lowest BCUT2D eigenvalue weighted by Crippen LogP contribution is -2.30. The minimum atomic E-state index is -0.216. The number of halogens is 1. The third-order valence-electron chi connectivity index (χ3n) is 2.72. The van der Waals surface area contributed by atoms with Gasteiger partial charge in [-0.2, -0.15) is 0 Å². The maximum Gasteiger partial charge on any atom is 0.289 e. The van der Waals surface area contributed by atoms with Gasteiger partial charge in [0.05, 0.1) is 5.69 Å². The highest BCUT2D eigenvalue weighted by Crippen LogP contribution is 2.45. The number of aryl methyl sites for hydroxylation is 1. The molecule has 0 bridgehead atoms. The van der Waals surface area contributed by atoms with E-state index in [-0.39, 0.29) is 17.1 Å². The summed E-state index contributed by atoms with van der Waals surface area (Å²) in [6.45, 7) is 2.40. The lowest BCUT2D eigenvalue weighted by atomic mass is 10.1. The molecule has 1 N–H and O–H groups in total. The molecule has 1 saturated carbocycles. The Kier molecular flexibility index (Phi) is 2.69. The van der Waals surface area contributed by atoms with Crippen molar-refractivity contribution in [2.45, 2.75) is 19.8 Å². The molecule has 1 fully saturated rings. The van der Waals surface area contributed by atoms with Crippen LogP contribution in [-0.4, -0.2) is 23.5 Å². The Morgan fingerprint density at radius 1 is 1.73 bits per heavy atom. The molecule has 1 aliphatic carbocycles. The van der Waals surface area contributed by atoms with Gasteiger partial charge in [-0.05, 0) is 19.8 Å². The van der Waals surface area contributed by atoms with Crippen molar-refractivity contribution in [1.29, 1.82) is 0 Å². The molecule has 1 heterocycles. The van der Waals surface area contributed by atoms with Crippen LogP contribution >= 0.6 is 11.6 Å². The van der Waals surface area contributed by atoms with Crippen LogP contribution in [0.15, 0.2) is 10.6 Å². The van der Waals surface area contributed by atoms with Crippen molar-refractivity contribution in [3.8, 4) is 0 Å². The van der Waals surface area contributed by atoms with E-state index in [0.29, 0.717) is 18.1 Å². The molecule has 0 aliphatic heterocycles. The number of amides is 1. The summed E-state index contributed by atoms with van der Waals surface area (Å²) in [6.07, 6.45) is 2.18. The molecule has 4 nitrogen and oxygen atoms in total. The number of aromatic nitrogens is 1. The average Bonchev–Trinajstić information content (AvgIpc) is 2.90. The van der Waals surface area contributed by atoms with E-state index in [0.717, 1.165) is 12.8 Å². The fourth-order valence-electron chi connectivity index (χ4n) is 1.36. The SMILES string of the molecule is Cc1cc(C(=O)NCC2(CCl)CC2)on1. The Bertz CT molecular complexity index is 371. The minimum Gasteiger partial charge on any atom is -0.351 e. The highest BCUT2D eigenvalue weighted by atomic mass is 35.5. The molecule has 0 atom stereocenters. The Morgan fingerprint density at radius 3 is 2.93 bits per heavy atom. The summed E-state index contributed by atoms with van der Waals surface area (Å²) in [5, 5.41) is 6.46. The molecule has 1 aromatic rings. The van der Waals surface area contributed by atoms with Gasteiger partial charge < -0.3 is 9.84 Å². The molecular weight excluding hydrogens is 216 g/mol. The second kappa shape index (κ2) is 3.85. The van der Waals surface area contributed by atoms with Crippen LogP contribution in [0.3, 0.4) is 0 Å². The van der Waals surface area contributed by atoms with Crippen LogP contribution in [0.2, 0.25) is 0 Å². The second-order valence-electron chi connectivity index (χ2n) is 4.15. The van der Waals surface area contributed by atoms with Crippen LogP contribution in [0.1, 0.15) is 29.1 Å². The van der Waals surface area contributed by atoms with Gasteiger partial charge in [0.15, 0.2) is 0 Å². The number of carbonyl (C=O) groups is 1. The molecule has 15 heavy (non-hydrogen) atoms. The van der Waals surface area contributed by atoms with Crippen LogP contribution in [0.25, 0.3) is 0 Å². The topological polar surface area (TPSA) is 55.1 Å². The predicted molar refractivity (Wildman–Crippen MR) is 56.0 cm³/mol. The normalized spacial score (nSPS) is 17.5. The van der Waals surface area contributed by atoms with Crippen LogP contribution in [0.4, 0.5) is 0 Å². The van der Waals surface area contributed by atoms with Crippen molar-refractivity contribution in [1.82, 2.24) is 10.5 Å². The molecule has 0 radical (unpaired) electrons. The summed E-state index contributed by atoms with van der Waals surface area (Å²) in [4.78, 5) is 11.6. The van der Waals surface area contributed by atoms with Crippen LogP contribution in [0.5, 0.6) is 0 Å². The lowest BCUT2D eigenvalue weighted by molar-refractivity contribution is 0.0909. The molecule has 1 aliphatic rings. The molecule has 0 aromatic carbocycles. The highest BCUT2D eigenvalue weighted by Gasteiger charge is 2.41. The first kappa shape index (κ1) is 10.5. The Morgan fingerprint density at radius 2 is 2.47 bits per heavy atom. The van der Waals surface area contributed by atoms with E-state index in [1.807, 2.05) is 0 Å². The molecule has 82 valence electrons. The number of hydrogen-bond donors (Lipinski definition) is 1. The lowest BCUT2D eigenvalue weighted by Gasteiger charge is -2.10. The number of nitrogens with zero attached hydrogens (tertiary/aromatic N) is 1. The van der Waals surface area contributed by atoms with Crippen LogP contribution < -0.4 is 5.32 Å². The third-order valence-corrected chi connectivity index (χ3v) is 3.28. The summed E-state index contributed by atoms with van der Waals surface area (Å²) in [5.74, 6) is 0.646. The van der Waals surface area contributed by atoms with E-state index in [1.54, 1.807) is 13.0 Å². The number of nitrogens with one attached hydrogen (secondary N) is 1. The van der Waals surface area contributed by atoms with Crippen LogP contribution in [0, 0.1) is 12.3 Å². The summed E-state index contributed by atoms with van der Waals surface area (Å²) in [6, 6.07) is 1.62. The van der Waals surface area contributed by atoms with Crippen molar-refractivity contribution < 1.29 is 9.32 Å². The Hall–Kier alpha value is -1.03. The van der Waals surface area contributed by atoms with Crippen LogP contribution in [-0.2, 0) is 0 Å². The summed E-state index contributed by atoms with van der Waals surface area (Å²) < 4.78 is 4.85. The summed E-state index contributed by atoms with van der Waals surface area (Å²) >= 11 is 5.80. The average molecular weight is 229 g/mol. The quantitative estimate of drug-likeness (QED) is 0.799. The maximum absolute atomic E-state index is 11.6. The molecule has 1 aromatic heterocycles. The van der Waals surface area contributed by atoms with Gasteiger partial charge >= 0.3 is 0 Å². The van der Waals surface area contributed by atoms with E-state index in [2.05, 4.69) is 10.5 Å². The van der Waals surface area contributed by atoms with E-state index in [9.17, 15) is 4.79 Å². The molecule has 0 spiro atoms. The van der Waals surface area contributed by atoms with Gasteiger partial charge in [-0.1, -0.05) is 5.16 Å². The first-order valence-corrected chi connectivity index (χ1v) is 5.46. The summed E-state index contributed by atoms with van der Waals surface area (Å²) in [5.41, 5.74) is 0.838. The molecule has 2 rings (SSSR count). The second-order valence-corrected chi connectivity index (χ2v) is 4.42. The van der Waals surface area contributed by atoms with E-state index >= 15 is 0 Å². The first-order chi connectivity index (χ1) is 7.15. The van der Waals surface area contributed by atoms with Gasteiger partial charge in [0.1, 0.15) is 0 Å². The number of hydrogen-bond acceptors (Lipinski definition) is 3. The van der Waals surface area contributed by atoms with Gasteiger partial charge in [0, 0.05) is 23.9 Å². The van der Waals surface area contributed by atoms with Gasteiger partial charge in [0.25, 0.3) is 5.91 Å². The van der Waals surface area contributed by atoms with E-state index in [1.165, 1.54) is 0 Å². The fourth-order valence-corrected chi connectivity index (χ4v) is 1.72. The Labute approximate surface area is 93.0 Å². The number of alkyl halides is 1. The predicted octanol–water partition coefficient (Wildman–Crippen LogP) is 1.73. The minimum absolute atomic E-state index is 0.131. The van der Waals surface area contributed by atoms with Crippen molar-refractivity contribution in [3.05, 3.63) is 17.5 Å². The first-order valence-electron chi connectivity index (χ1n) is 4.93. The number of rotatable bonds is 4. The largest absolute Gasteiger partial charge is 0.351 e. The van der Waals surface area contributed by atoms with Crippen molar-refractivity contribution >= 4 is 17.5 Å². The zero-order chi connectivity index (χ0) is 10.9. The molecule has 5 heteroatoms. The standard InChI is InChI=1S/C10H13ClN2O2/c1-7-4-8(15-13-7)9(14)12-6-10(5-11)2-3-10/h4H,2-3,5-6H2,1H3,(H,12,14). The summed E-state index contributed by atoms with van der Waals surface area (Å²) in [7, 11) is 0.